The van der Waals surface area contributed by atoms with Crippen molar-refractivity contribution >= 4 is 10.0 Å². The Morgan fingerprint density at radius 1 is 1.48 bits per heavy atom. The summed E-state index contributed by atoms with van der Waals surface area (Å²) >= 11 is 0. The third-order valence-electron chi connectivity index (χ3n) is 3.90. The molecular weight excluding hydrogens is 292 g/mol. The molecule has 1 saturated carbocycles. The quantitative estimate of drug-likeness (QED) is 0.820. The molecule has 2 aliphatic rings. The van der Waals surface area contributed by atoms with E-state index in [4.69, 9.17) is 4.74 Å². The van der Waals surface area contributed by atoms with Gasteiger partial charge in [-0.2, -0.15) is 9.40 Å². The summed E-state index contributed by atoms with van der Waals surface area (Å²) in [6.07, 6.45) is 2.24. The second kappa shape index (κ2) is 5.68. The summed E-state index contributed by atoms with van der Waals surface area (Å²) in [6.45, 7) is 5.36. The molecule has 1 unspecified atom stereocenters. The van der Waals surface area contributed by atoms with Crippen molar-refractivity contribution in [2.24, 2.45) is 0 Å². The van der Waals surface area contributed by atoms with Gasteiger partial charge >= 0.3 is 0 Å². The van der Waals surface area contributed by atoms with Gasteiger partial charge in [0.2, 0.25) is 10.0 Å². The molecule has 1 aromatic heterocycles. The Morgan fingerprint density at radius 3 is 2.90 bits per heavy atom. The largest absolute Gasteiger partial charge is 0.376 e. The molecule has 2 heterocycles. The zero-order chi connectivity index (χ0) is 15.0. The summed E-state index contributed by atoms with van der Waals surface area (Å²) < 4.78 is 32.7. The molecule has 0 amide bonds. The van der Waals surface area contributed by atoms with Crippen LogP contribution in [0.2, 0.25) is 0 Å². The zero-order valence-corrected chi connectivity index (χ0v) is 13.2. The standard InChI is InChI=1S/C13H22N4O3S/c1-9-8-17(5-6-20-9)21(18,19)13-10(2)15-16-12(13)7-14-11-3-4-11/h9,11,14H,3-8H2,1-2H3,(H,15,16). The highest BCUT2D eigenvalue weighted by Gasteiger charge is 2.34. The lowest BCUT2D eigenvalue weighted by molar-refractivity contribution is 0.0101. The molecule has 1 aliphatic heterocycles. The van der Waals surface area contributed by atoms with Crippen LogP contribution in [0, 0.1) is 6.92 Å². The molecule has 1 aliphatic carbocycles. The molecule has 1 atom stereocenters. The van der Waals surface area contributed by atoms with Crippen molar-refractivity contribution in [3.63, 3.8) is 0 Å². The van der Waals surface area contributed by atoms with Gasteiger partial charge in [-0.1, -0.05) is 0 Å². The van der Waals surface area contributed by atoms with Gasteiger partial charge in [0.05, 0.1) is 24.1 Å². The number of morpholine rings is 1. The van der Waals surface area contributed by atoms with Crippen LogP contribution >= 0.6 is 0 Å². The molecule has 0 aromatic carbocycles. The number of hydrogen-bond donors (Lipinski definition) is 2. The van der Waals surface area contributed by atoms with Crippen molar-refractivity contribution in [1.82, 2.24) is 19.8 Å². The van der Waals surface area contributed by atoms with Crippen LogP contribution in [0.3, 0.4) is 0 Å². The van der Waals surface area contributed by atoms with Crippen LogP contribution in [-0.2, 0) is 21.3 Å². The van der Waals surface area contributed by atoms with E-state index in [1.54, 1.807) is 6.92 Å². The number of H-pyrrole nitrogens is 1. The van der Waals surface area contributed by atoms with Gasteiger partial charge in [0.25, 0.3) is 0 Å². The molecular formula is C13H22N4O3S. The fourth-order valence-corrected chi connectivity index (χ4v) is 4.42. The maximum atomic E-state index is 12.9. The van der Waals surface area contributed by atoms with E-state index in [1.807, 2.05) is 6.92 Å². The first kappa shape index (κ1) is 15.0. The molecule has 1 saturated heterocycles. The first-order valence-electron chi connectivity index (χ1n) is 7.37. The summed E-state index contributed by atoms with van der Waals surface area (Å²) in [6, 6.07) is 0.515. The van der Waals surface area contributed by atoms with E-state index in [1.165, 1.54) is 4.31 Å². The monoisotopic (exact) mass is 314 g/mol. The van der Waals surface area contributed by atoms with Crippen LogP contribution in [0.4, 0.5) is 0 Å². The molecule has 3 rings (SSSR count). The van der Waals surface area contributed by atoms with Crippen LogP contribution < -0.4 is 5.32 Å². The molecule has 2 fully saturated rings. The minimum Gasteiger partial charge on any atom is -0.376 e. The van der Waals surface area contributed by atoms with Crippen molar-refractivity contribution < 1.29 is 13.2 Å². The van der Waals surface area contributed by atoms with Crippen molar-refractivity contribution in [3.05, 3.63) is 11.4 Å². The molecule has 21 heavy (non-hydrogen) atoms. The molecule has 118 valence electrons. The number of sulfonamides is 1. The predicted molar refractivity (Wildman–Crippen MR) is 77.4 cm³/mol. The van der Waals surface area contributed by atoms with Gasteiger partial charge in [0.15, 0.2) is 0 Å². The van der Waals surface area contributed by atoms with E-state index >= 15 is 0 Å². The number of aromatic amines is 1. The van der Waals surface area contributed by atoms with Gasteiger partial charge in [-0.3, -0.25) is 5.10 Å². The Hall–Kier alpha value is -0.960. The van der Waals surface area contributed by atoms with Gasteiger partial charge in [-0.15, -0.1) is 0 Å². The predicted octanol–water partition coefficient (Wildman–Crippen LogP) is 0.380. The molecule has 0 bridgehead atoms. The summed E-state index contributed by atoms with van der Waals surface area (Å²) in [7, 11) is -3.52. The van der Waals surface area contributed by atoms with Crippen LogP contribution in [0.15, 0.2) is 4.90 Å². The van der Waals surface area contributed by atoms with Gasteiger partial charge in [-0.05, 0) is 26.7 Å². The van der Waals surface area contributed by atoms with Crippen LogP contribution in [0.25, 0.3) is 0 Å². The molecule has 0 radical (unpaired) electrons. The zero-order valence-electron chi connectivity index (χ0n) is 12.4. The summed E-state index contributed by atoms with van der Waals surface area (Å²) in [5, 5.41) is 10.3. The lowest BCUT2D eigenvalue weighted by Gasteiger charge is -2.30. The van der Waals surface area contributed by atoms with E-state index in [2.05, 4.69) is 15.5 Å². The first-order chi connectivity index (χ1) is 9.98. The third kappa shape index (κ3) is 3.13. The van der Waals surface area contributed by atoms with Crippen molar-refractivity contribution in [2.45, 2.75) is 50.3 Å². The number of aromatic nitrogens is 2. The van der Waals surface area contributed by atoms with E-state index in [-0.39, 0.29) is 6.10 Å². The molecule has 0 spiro atoms. The van der Waals surface area contributed by atoms with E-state index in [9.17, 15) is 8.42 Å². The van der Waals surface area contributed by atoms with E-state index in [0.29, 0.717) is 48.6 Å². The second-order valence-corrected chi connectivity index (χ2v) is 7.70. The summed E-state index contributed by atoms with van der Waals surface area (Å²) in [5.74, 6) is 0. The average molecular weight is 314 g/mol. The number of hydrogen-bond acceptors (Lipinski definition) is 5. The van der Waals surface area contributed by atoms with Crippen molar-refractivity contribution in [2.75, 3.05) is 19.7 Å². The average Bonchev–Trinajstić information content (AvgIpc) is 3.19. The highest BCUT2D eigenvalue weighted by Crippen LogP contribution is 2.25. The number of ether oxygens (including phenoxy) is 1. The van der Waals surface area contributed by atoms with Crippen LogP contribution in [0.5, 0.6) is 0 Å². The molecule has 8 heteroatoms. The maximum Gasteiger partial charge on any atom is 0.246 e. The highest BCUT2D eigenvalue weighted by molar-refractivity contribution is 7.89. The Balaban J connectivity index is 1.84. The lowest BCUT2D eigenvalue weighted by atomic mass is 10.3. The van der Waals surface area contributed by atoms with E-state index < -0.39 is 10.0 Å². The third-order valence-corrected chi connectivity index (χ3v) is 5.97. The highest BCUT2D eigenvalue weighted by atomic mass is 32.2. The normalized spacial score (nSPS) is 24.4. The van der Waals surface area contributed by atoms with Crippen LogP contribution in [0.1, 0.15) is 31.2 Å². The van der Waals surface area contributed by atoms with Crippen LogP contribution in [-0.4, -0.2) is 54.8 Å². The fourth-order valence-electron chi connectivity index (χ4n) is 2.59. The number of rotatable bonds is 5. The minimum atomic E-state index is -3.52. The number of aryl methyl sites for hydroxylation is 1. The molecule has 2 N–H and O–H groups in total. The Morgan fingerprint density at radius 2 is 2.24 bits per heavy atom. The molecule has 1 aromatic rings. The topological polar surface area (TPSA) is 87.3 Å². The first-order valence-corrected chi connectivity index (χ1v) is 8.81. The summed E-state index contributed by atoms with van der Waals surface area (Å²) in [4.78, 5) is 0.324. The van der Waals surface area contributed by atoms with Crippen molar-refractivity contribution in [1.29, 1.82) is 0 Å². The number of nitrogens with zero attached hydrogens (tertiary/aromatic N) is 2. The van der Waals surface area contributed by atoms with E-state index in [0.717, 1.165) is 12.8 Å². The Kier molecular flexibility index (Phi) is 4.04. The Labute approximate surface area is 125 Å². The SMILES string of the molecule is Cc1[nH]nc(CNC2CC2)c1S(=O)(=O)N1CCOC(C)C1. The van der Waals surface area contributed by atoms with Gasteiger partial charge in [-0.25, -0.2) is 8.42 Å². The van der Waals surface area contributed by atoms with Gasteiger partial charge in [0.1, 0.15) is 4.90 Å². The van der Waals surface area contributed by atoms with Gasteiger partial charge < -0.3 is 10.1 Å². The number of nitrogens with one attached hydrogen (secondary N) is 2. The van der Waals surface area contributed by atoms with Gasteiger partial charge in [0, 0.05) is 25.7 Å². The minimum absolute atomic E-state index is 0.0752. The Bertz CT molecular complexity index is 609. The lowest BCUT2D eigenvalue weighted by Crippen LogP contribution is -2.44. The second-order valence-electron chi connectivity index (χ2n) is 5.82. The molecule has 7 nitrogen and oxygen atoms in total. The summed E-state index contributed by atoms with van der Waals surface area (Å²) in [5.41, 5.74) is 1.18. The van der Waals surface area contributed by atoms with Crippen molar-refractivity contribution in [3.8, 4) is 0 Å². The maximum absolute atomic E-state index is 12.9. The fraction of sp³-hybridized carbons (Fsp3) is 0.769. The smallest absolute Gasteiger partial charge is 0.246 e.